The Morgan fingerprint density at radius 3 is 2.86 bits per heavy atom. The van der Waals surface area contributed by atoms with E-state index in [2.05, 4.69) is 15.0 Å². The maximum absolute atomic E-state index is 12.5. The highest BCUT2D eigenvalue weighted by atomic mass is 33.1. The molecular weight excluding hydrogens is 420 g/mol. The van der Waals surface area contributed by atoms with Gasteiger partial charge in [-0.2, -0.15) is 0 Å². The number of hydrogen-bond donors (Lipinski definition) is 4. The molecule has 0 aliphatic carbocycles. The quantitative estimate of drug-likeness (QED) is 0.309. The van der Waals surface area contributed by atoms with Crippen LogP contribution in [-0.4, -0.2) is 77.7 Å². The highest BCUT2D eigenvalue weighted by Crippen LogP contribution is 2.34. The van der Waals surface area contributed by atoms with Crippen molar-refractivity contribution >= 4 is 44.5 Å². The summed E-state index contributed by atoms with van der Waals surface area (Å²) < 4.78 is 12.7. The highest BCUT2D eigenvalue weighted by Gasteiger charge is 2.48. The Bertz CT molecular complexity index is 852. The molecule has 0 bridgehead atoms. The normalized spacial score (nSPS) is 25.6. The van der Waals surface area contributed by atoms with E-state index in [0.717, 1.165) is 0 Å². The van der Waals surface area contributed by atoms with Gasteiger partial charge in [-0.05, 0) is 0 Å². The number of nitrogen functional groups attached to an aromatic ring is 1. The number of esters is 1. The van der Waals surface area contributed by atoms with Crippen LogP contribution in [0.1, 0.15) is 20.1 Å². The minimum atomic E-state index is -1.25. The summed E-state index contributed by atoms with van der Waals surface area (Å²) in [5.41, 5.74) is 12.4. The number of ether oxygens (including phenoxy) is 2. The number of carbonyl (C=O) groups is 1. The molecule has 160 valence electrons. The number of fused-ring (bicyclic) bond motifs is 1. The smallest absolute Gasteiger partial charge is 0.324 e. The van der Waals surface area contributed by atoms with Gasteiger partial charge in [0.25, 0.3) is 0 Å². The fourth-order valence-corrected chi connectivity index (χ4v) is 4.94. The van der Waals surface area contributed by atoms with E-state index in [4.69, 9.17) is 20.9 Å². The summed E-state index contributed by atoms with van der Waals surface area (Å²) in [6.45, 7) is 3.63. The van der Waals surface area contributed by atoms with Crippen molar-refractivity contribution in [3.8, 4) is 0 Å². The molecule has 0 amide bonds. The second-order valence-electron chi connectivity index (χ2n) is 6.76. The molecule has 1 aliphatic rings. The van der Waals surface area contributed by atoms with E-state index < -0.39 is 43.2 Å². The Morgan fingerprint density at radius 2 is 2.17 bits per heavy atom. The van der Waals surface area contributed by atoms with Crippen molar-refractivity contribution in [2.24, 2.45) is 5.73 Å². The minimum Gasteiger partial charge on any atom is -0.453 e. The number of aromatic nitrogens is 4. The molecule has 0 spiro atoms. The Kier molecular flexibility index (Phi) is 7.19. The molecule has 1 saturated heterocycles. The van der Waals surface area contributed by atoms with Gasteiger partial charge < -0.3 is 31.2 Å². The zero-order valence-corrected chi connectivity index (χ0v) is 17.5. The van der Waals surface area contributed by atoms with Crippen LogP contribution in [0.3, 0.4) is 0 Å². The van der Waals surface area contributed by atoms with E-state index in [-0.39, 0.29) is 5.82 Å². The summed E-state index contributed by atoms with van der Waals surface area (Å²) in [4.78, 5) is 24.7. The molecule has 2 aromatic rings. The molecule has 1 aliphatic heterocycles. The van der Waals surface area contributed by atoms with Crippen molar-refractivity contribution in [3.63, 3.8) is 0 Å². The van der Waals surface area contributed by atoms with Crippen molar-refractivity contribution in [2.45, 2.75) is 49.7 Å². The monoisotopic (exact) mass is 444 g/mol. The Hall–Kier alpha value is -1.64. The first-order valence-corrected chi connectivity index (χ1v) is 11.3. The Balaban J connectivity index is 1.79. The van der Waals surface area contributed by atoms with Crippen LogP contribution in [0, 0.1) is 0 Å². The molecule has 1 unspecified atom stereocenters. The largest absolute Gasteiger partial charge is 0.453 e. The molecule has 11 nitrogen and oxygen atoms in total. The van der Waals surface area contributed by atoms with Gasteiger partial charge in [-0.15, -0.1) is 0 Å². The zero-order valence-electron chi connectivity index (χ0n) is 15.9. The first kappa shape index (κ1) is 22.1. The van der Waals surface area contributed by atoms with Crippen molar-refractivity contribution in [2.75, 3.05) is 18.1 Å². The maximum Gasteiger partial charge on any atom is 0.324 e. The third kappa shape index (κ3) is 4.75. The molecule has 5 atom stereocenters. The van der Waals surface area contributed by atoms with Gasteiger partial charge in [0.2, 0.25) is 0 Å². The van der Waals surface area contributed by atoms with E-state index in [1.807, 2.05) is 13.8 Å². The summed E-state index contributed by atoms with van der Waals surface area (Å²) in [6.07, 6.45) is -1.60. The number of rotatable bonds is 8. The van der Waals surface area contributed by atoms with Gasteiger partial charge in [-0.1, -0.05) is 35.4 Å². The van der Waals surface area contributed by atoms with E-state index >= 15 is 0 Å². The molecule has 2 aromatic heterocycles. The van der Waals surface area contributed by atoms with Crippen LogP contribution in [0.25, 0.3) is 11.2 Å². The average Bonchev–Trinajstić information content (AvgIpc) is 3.24. The third-order valence-corrected chi connectivity index (χ3v) is 7.20. The van der Waals surface area contributed by atoms with Gasteiger partial charge >= 0.3 is 5.97 Å². The number of nitrogens with two attached hydrogens (primary N) is 2. The average molecular weight is 445 g/mol. The molecular formula is C16H24N6O5S2. The van der Waals surface area contributed by atoms with Crippen LogP contribution < -0.4 is 11.5 Å². The van der Waals surface area contributed by atoms with Gasteiger partial charge in [-0.3, -0.25) is 9.36 Å². The number of nitrogens with zero attached hydrogens (tertiary/aromatic N) is 4. The number of aliphatic hydroxyl groups is 2. The lowest BCUT2D eigenvalue weighted by molar-refractivity contribution is -0.159. The van der Waals surface area contributed by atoms with E-state index in [0.29, 0.717) is 22.2 Å². The standard InChI is InChI=1S/C16H24N6O5S2/c1-7(2)29-28-4-8(17)16(25)27-12-11(24)9(3-23)26-15(12)22-6-21-10-13(18)19-5-20-14(10)22/h5-9,11-12,15,23-24H,3-4,17H2,1-2H3,(H2,18,19,20)/t8?,9-,11-,12-,15-/m1/s1. The SMILES string of the molecule is CC(C)SSCC(N)C(=O)O[C@@H]1[C@H](O)[C@@H](CO)O[C@H]1n1cnc2c(N)ncnc21. The summed E-state index contributed by atoms with van der Waals surface area (Å²) in [6, 6.07) is -0.871. The molecule has 3 rings (SSSR count). The third-order valence-electron chi connectivity index (χ3n) is 4.22. The number of aliphatic hydroxyl groups excluding tert-OH is 2. The van der Waals surface area contributed by atoms with Crippen LogP contribution in [0.5, 0.6) is 0 Å². The highest BCUT2D eigenvalue weighted by molar-refractivity contribution is 8.76. The molecule has 0 radical (unpaired) electrons. The number of carbonyl (C=O) groups excluding carboxylic acids is 1. The lowest BCUT2D eigenvalue weighted by Gasteiger charge is -2.23. The molecule has 6 N–H and O–H groups in total. The number of imidazole rings is 1. The fourth-order valence-electron chi connectivity index (χ4n) is 2.81. The number of anilines is 1. The van der Waals surface area contributed by atoms with Gasteiger partial charge in [-0.25, -0.2) is 15.0 Å². The molecule has 3 heterocycles. The Morgan fingerprint density at radius 1 is 1.41 bits per heavy atom. The zero-order chi connectivity index (χ0) is 21.1. The summed E-state index contributed by atoms with van der Waals surface area (Å²) in [7, 11) is 3.08. The summed E-state index contributed by atoms with van der Waals surface area (Å²) in [5.74, 6) is -0.130. The van der Waals surface area contributed by atoms with Crippen molar-refractivity contribution in [1.29, 1.82) is 0 Å². The van der Waals surface area contributed by atoms with E-state index in [9.17, 15) is 15.0 Å². The predicted octanol–water partition coefficient (Wildman–Crippen LogP) is -0.312. The van der Waals surface area contributed by atoms with Gasteiger partial charge in [0.05, 0.1) is 12.9 Å². The first-order valence-electron chi connectivity index (χ1n) is 8.95. The Labute approximate surface area is 175 Å². The van der Waals surface area contributed by atoms with Crippen molar-refractivity contribution in [3.05, 3.63) is 12.7 Å². The fraction of sp³-hybridized carbons (Fsp3) is 0.625. The van der Waals surface area contributed by atoms with Crippen LogP contribution in [0.15, 0.2) is 12.7 Å². The molecule has 1 fully saturated rings. The van der Waals surface area contributed by atoms with Crippen molar-refractivity contribution in [1.82, 2.24) is 19.5 Å². The number of hydrogen-bond acceptors (Lipinski definition) is 12. The van der Waals surface area contributed by atoms with Gasteiger partial charge in [0.15, 0.2) is 23.8 Å². The van der Waals surface area contributed by atoms with Crippen LogP contribution in [0.4, 0.5) is 5.82 Å². The van der Waals surface area contributed by atoms with Gasteiger partial charge in [0, 0.05) is 11.0 Å². The van der Waals surface area contributed by atoms with Gasteiger partial charge in [0.1, 0.15) is 30.1 Å². The van der Waals surface area contributed by atoms with Crippen LogP contribution in [0.2, 0.25) is 0 Å². The first-order chi connectivity index (χ1) is 13.8. The summed E-state index contributed by atoms with van der Waals surface area (Å²) >= 11 is 0. The molecule has 13 heteroatoms. The maximum atomic E-state index is 12.5. The predicted molar refractivity (Wildman–Crippen MR) is 110 cm³/mol. The lowest BCUT2D eigenvalue weighted by Crippen LogP contribution is -2.42. The van der Waals surface area contributed by atoms with E-state index in [1.165, 1.54) is 28.0 Å². The molecule has 29 heavy (non-hydrogen) atoms. The summed E-state index contributed by atoms with van der Waals surface area (Å²) in [5, 5.41) is 20.4. The van der Waals surface area contributed by atoms with Crippen LogP contribution in [-0.2, 0) is 14.3 Å². The minimum absolute atomic E-state index is 0.182. The van der Waals surface area contributed by atoms with E-state index in [1.54, 1.807) is 10.8 Å². The second kappa shape index (κ2) is 9.45. The van der Waals surface area contributed by atoms with Crippen molar-refractivity contribution < 1.29 is 24.5 Å². The molecule has 0 saturated carbocycles. The topological polar surface area (TPSA) is 172 Å². The second-order valence-corrected chi connectivity index (χ2v) is 9.75. The molecule has 0 aromatic carbocycles. The lowest BCUT2D eigenvalue weighted by atomic mass is 10.1. The van der Waals surface area contributed by atoms with Crippen LogP contribution >= 0.6 is 21.6 Å².